The summed E-state index contributed by atoms with van der Waals surface area (Å²) >= 11 is 3.15. The number of carbonyl (C=O) groups is 1. The number of anilines is 4. The topological polar surface area (TPSA) is 90.0 Å². The van der Waals surface area contributed by atoms with Crippen molar-refractivity contribution in [3.05, 3.63) is 36.0 Å². The van der Waals surface area contributed by atoms with Gasteiger partial charge >= 0.3 is 0 Å². The number of ether oxygens (including phenoxy) is 1. The Morgan fingerprint density at radius 1 is 1.18 bits per heavy atom. The maximum atomic E-state index is 13.7. The van der Waals surface area contributed by atoms with Gasteiger partial charge in [0.05, 0.1) is 36.3 Å². The van der Waals surface area contributed by atoms with E-state index in [0.717, 1.165) is 43.2 Å². The van der Waals surface area contributed by atoms with Crippen LogP contribution < -0.4 is 19.8 Å². The van der Waals surface area contributed by atoms with Crippen LogP contribution in [-0.4, -0.2) is 73.0 Å². The molecule has 2 aliphatic heterocycles. The second-order valence-electron chi connectivity index (χ2n) is 10.8. The zero-order valence-corrected chi connectivity index (χ0v) is 24.2. The Morgan fingerprint density at radius 3 is 2.66 bits per heavy atom. The largest absolute Gasteiger partial charge is 0.395 e. The Morgan fingerprint density at radius 2 is 1.97 bits per heavy atom. The van der Waals surface area contributed by atoms with Crippen LogP contribution in [0.2, 0.25) is 0 Å². The number of amides is 1. The molecule has 1 saturated carbocycles. The number of thioether (sulfide) groups is 1. The van der Waals surface area contributed by atoms with Crippen molar-refractivity contribution < 1.29 is 14.6 Å². The summed E-state index contributed by atoms with van der Waals surface area (Å²) < 4.78 is 8.99. The van der Waals surface area contributed by atoms with Gasteiger partial charge in [-0.05, 0) is 81.3 Å². The number of piperidine rings is 1. The van der Waals surface area contributed by atoms with E-state index in [9.17, 15) is 9.90 Å². The number of morpholine rings is 1. The van der Waals surface area contributed by atoms with Crippen molar-refractivity contribution in [1.29, 1.82) is 0 Å². The number of aliphatic hydroxyl groups excluding tert-OH is 1. The summed E-state index contributed by atoms with van der Waals surface area (Å²) in [6.07, 6.45) is 8.96. The molecule has 1 aromatic carbocycles. The van der Waals surface area contributed by atoms with Crippen molar-refractivity contribution in [2.45, 2.75) is 55.8 Å². The van der Waals surface area contributed by atoms with Crippen LogP contribution in [0.25, 0.3) is 0 Å². The van der Waals surface area contributed by atoms with Crippen molar-refractivity contribution in [2.24, 2.45) is 5.41 Å². The SMILES string of the molecule is CSc1ccc(NC(=O)c2cnc(NS[C@@H](C)CO)cc2N2CCC3(CC2)CC3)cc1N1CCO[C@H](C)C1. The molecule has 206 valence electrons. The van der Waals surface area contributed by atoms with Gasteiger partial charge in [0.1, 0.15) is 5.82 Å². The van der Waals surface area contributed by atoms with Gasteiger partial charge in [-0.2, -0.15) is 0 Å². The van der Waals surface area contributed by atoms with Crippen molar-refractivity contribution in [3.63, 3.8) is 0 Å². The molecular formula is C28H39N5O3S2. The molecule has 10 heteroatoms. The van der Waals surface area contributed by atoms with E-state index >= 15 is 0 Å². The molecule has 1 aromatic heterocycles. The number of pyridine rings is 1. The molecule has 2 saturated heterocycles. The third-order valence-electron chi connectivity index (χ3n) is 7.89. The molecular weight excluding hydrogens is 518 g/mol. The number of hydrogen-bond acceptors (Lipinski definition) is 9. The second kappa shape index (κ2) is 11.9. The Kier molecular flexibility index (Phi) is 8.62. The van der Waals surface area contributed by atoms with E-state index in [0.29, 0.717) is 23.4 Å². The molecule has 38 heavy (non-hydrogen) atoms. The molecule has 3 fully saturated rings. The third kappa shape index (κ3) is 6.35. The Balaban J connectivity index is 1.37. The van der Waals surface area contributed by atoms with E-state index in [2.05, 4.69) is 50.1 Å². The van der Waals surface area contributed by atoms with E-state index in [1.54, 1.807) is 18.0 Å². The molecule has 0 unspecified atom stereocenters. The van der Waals surface area contributed by atoms with E-state index < -0.39 is 0 Å². The van der Waals surface area contributed by atoms with E-state index in [1.165, 1.54) is 42.5 Å². The molecule has 8 nitrogen and oxygen atoms in total. The van der Waals surface area contributed by atoms with E-state index in [4.69, 9.17) is 4.74 Å². The van der Waals surface area contributed by atoms with Gasteiger partial charge in [-0.15, -0.1) is 11.8 Å². The van der Waals surface area contributed by atoms with Crippen LogP contribution >= 0.6 is 23.7 Å². The fourth-order valence-corrected chi connectivity index (χ4v) is 6.39. The lowest BCUT2D eigenvalue weighted by atomic mass is 9.93. The number of nitrogens with one attached hydrogen (secondary N) is 2. The first-order chi connectivity index (χ1) is 18.4. The van der Waals surface area contributed by atoms with E-state index in [-0.39, 0.29) is 23.9 Å². The van der Waals surface area contributed by atoms with Gasteiger partial charge in [0, 0.05) is 54.3 Å². The minimum absolute atomic E-state index is 0.0424. The zero-order valence-electron chi connectivity index (χ0n) is 22.5. The zero-order chi connectivity index (χ0) is 26.7. The van der Waals surface area contributed by atoms with Crippen molar-refractivity contribution in [1.82, 2.24) is 4.98 Å². The Bertz CT molecular complexity index is 1140. The Hall–Kier alpha value is -2.14. The number of carbonyl (C=O) groups excluding carboxylic acids is 1. The summed E-state index contributed by atoms with van der Waals surface area (Å²) in [5.41, 5.74) is 3.95. The van der Waals surface area contributed by atoms with Gasteiger partial charge in [0.2, 0.25) is 0 Å². The first-order valence-corrected chi connectivity index (χ1v) is 15.6. The fraction of sp³-hybridized carbons (Fsp3) is 0.571. The van der Waals surface area contributed by atoms with Gasteiger partial charge in [-0.1, -0.05) is 0 Å². The highest BCUT2D eigenvalue weighted by atomic mass is 32.2. The summed E-state index contributed by atoms with van der Waals surface area (Å²) in [5.74, 6) is 0.543. The van der Waals surface area contributed by atoms with Gasteiger partial charge in [-0.3, -0.25) is 4.79 Å². The summed E-state index contributed by atoms with van der Waals surface area (Å²) in [4.78, 5) is 24.1. The number of nitrogens with zero attached hydrogens (tertiary/aromatic N) is 3. The molecule has 1 amide bonds. The molecule has 2 atom stereocenters. The number of aliphatic hydroxyl groups is 1. The number of hydrogen-bond donors (Lipinski definition) is 3. The number of benzene rings is 1. The number of aromatic nitrogens is 1. The maximum Gasteiger partial charge on any atom is 0.259 e. The van der Waals surface area contributed by atoms with Gasteiger partial charge in [0.15, 0.2) is 0 Å². The third-order valence-corrected chi connectivity index (χ3v) is 9.55. The van der Waals surface area contributed by atoms with Gasteiger partial charge in [0.25, 0.3) is 5.91 Å². The smallest absolute Gasteiger partial charge is 0.259 e. The van der Waals surface area contributed by atoms with Crippen molar-refractivity contribution in [3.8, 4) is 0 Å². The van der Waals surface area contributed by atoms with E-state index in [1.807, 2.05) is 19.1 Å². The van der Waals surface area contributed by atoms with Crippen LogP contribution in [0.3, 0.4) is 0 Å². The average molecular weight is 558 g/mol. The van der Waals surface area contributed by atoms with Crippen LogP contribution in [0.4, 0.5) is 22.9 Å². The lowest BCUT2D eigenvalue weighted by Crippen LogP contribution is -2.41. The van der Waals surface area contributed by atoms with Crippen molar-refractivity contribution >= 4 is 52.5 Å². The van der Waals surface area contributed by atoms with Crippen LogP contribution in [0.1, 0.15) is 49.9 Å². The number of rotatable bonds is 9. The molecule has 1 spiro atoms. The average Bonchev–Trinajstić information content (AvgIpc) is 3.70. The predicted molar refractivity (Wildman–Crippen MR) is 159 cm³/mol. The minimum Gasteiger partial charge on any atom is -0.395 e. The summed E-state index contributed by atoms with van der Waals surface area (Å²) in [7, 11) is 0. The first-order valence-electron chi connectivity index (χ1n) is 13.5. The minimum atomic E-state index is -0.152. The highest BCUT2D eigenvalue weighted by Crippen LogP contribution is 2.54. The summed E-state index contributed by atoms with van der Waals surface area (Å²) in [6.45, 7) is 8.40. The predicted octanol–water partition coefficient (Wildman–Crippen LogP) is 5.10. The quantitative estimate of drug-likeness (QED) is 0.288. The van der Waals surface area contributed by atoms with Crippen LogP contribution in [0.15, 0.2) is 35.4 Å². The monoisotopic (exact) mass is 557 g/mol. The molecule has 2 aromatic rings. The van der Waals surface area contributed by atoms with Gasteiger partial charge in [-0.25, -0.2) is 4.98 Å². The summed E-state index contributed by atoms with van der Waals surface area (Å²) in [6, 6.07) is 8.12. The van der Waals surface area contributed by atoms with Crippen LogP contribution in [0.5, 0.6) is 0 Å². The highest BCUT2D eigenvalue weighted by molar-refractivity contribution is 8.01. The Labute approximate surface area is 234 Å². The molecule has 3 N–H and O–H groups in total. The standard InChI is InChI=1S/C28H39N5O3S2/c1-19-17-33(12-13-36-19)24-14-21(4-5-25(24)37-3)30-27(35)22-16-29-26(31-38-20(2)18-34)15-23(22)32-10-8-28(6-7-28)9-11-32/h4-5,14-16,19-20,34H,6-13,17-18H2,1-3H3,(H,29,31)(H,30,35)/t19-,20+/m1/s1. The first kappa shape index (κ1) is 27.4. The molecule has 0 bridgehead atoms. The summed E-state index contributed by atoms with van der Waals surface area (Å²) in [5, 5.41) is 12.6. The normalized spacial score (nSPS) is 21.3. The second-order valence-corrected chi connectivity index (χ2v) is 12.8. The highest BCUT2D eigenvalue weighted by Gasteiger charge is 2.44. The van der Waals surface area contributed by atoms with Crippen LogP contribution in [0, 0.1) is 5.41 Å². The molecule has 3 aliphatic rings. The molecule has 5 rings (SSSR count). The van der Waals surface area contributed by atoms with Crippen molar-refractivity contribution in [2.75, 3.05) is 65.5 Å². The maximum absolute atomic E-state index is 13.7. The molecule has 1 aliphatic carbocycles. The fourth-order valence-electron chi connectivity index (χ4n) is 5.28. The van der Waals surface area contributed by atoms with Crippen LogP contribution in [-0.2, 0) is 4.74 Å². The molecule has 3 heterocycles. The lowest BCUT2D eigenvalue weighted by molar-refractivity contribution is 0.0530. The van der Waals surface area contributed by atoms with Gasteiger partial charge < -0.3 is 29.7 Å². The lowest BCUT2D eigenvalue weighted by Gasteiger charge is -2.35. The molecule has 0 radical (unpaired) electrons.